The number of benzene rings is 2. The van der Waals surface area contributed by atoms with Gasteiger partial charge < -0.3 is 5.32 Å². The summed E-state index contributed by atoms with van der Waals surface area (Å²) in [5.41, 5.74) is 0.964. The van der Waals surface area contributed by atoms with Crippen LogP contribution < -0.4 is 5.32 Å². The fourth-order valence-corrected chi connectivity index (χ4v) is 2.09. The van der Waals surface area contributed by atoms with Crippen LogP contribution in [0.2, 0.25) is 15.1 Å². The molecule has 0 atom stereocenters. The maximum Gasteiger partial charge on any atom is 0.257 e. The third kappa shape index (κ3) is 3.23. The number of carbonyl (C=O) groups is 1. The Morgan fingerprint density at radius 2 is 1.75 bits per heavy atom. The highest BCUT2D eigenvalue weighted by atomic mass is 35.5. The third-order valence-electron chi connectivity index (χ3n) is 2.52. The highest BCUT2D eigenvalue weighted by Crippen LogP contribution is 2.26. The van der Waals surface area contributed by atoms with Gasteiger partial charge in [-0.05, 0) is 36.4 Å². The number of nitriles is 1. The molecular weight excluding hydrogens is 319 g/mol. The first-order valence-electron chi connectivity index (χ1n) is 5.47. The van der Waals surface area contributed by atoms with Crippen LogP contribution in [0.25, 0.3) is 0 Å². The molecule has 0 radical (unpaired) electrons. The smallest absolute Gasteiger partial charge is 0.257 e. The summed E-state index contributed by atoms with van der Waals surface area (Å²) in [4.78, 5) is 12.1. The largest absolute Gasteiger partial charge is 0.321 e. The highest BCUT2D eigenvalue weighted by Gasteiger charge is 2.13. The summed E-state index contributed by atoms with van der Waals surface area (Å²) < 4.78 is 0. The SMILES string of the molecule is N#Cc1ccc(Cl)c(NC(=O)c2cc(Cl)ccc2Cl)c1. The number of rotatable bonds is 2. The molecule has 6 heteroatoms. The number of nitrogens with zero attached hydrogens (tertiary/aromatic N) is 1. The van der Waals surface area contributed by atoms with E-state index in [0.717, 1.165) is 0 Å². The summed E-state index contributed by atoms with van der Waals surface area (Å²) >= 11 is 17.8. The van der Waals surface area contributed by atoms with Gasteiger partial charge in [0.05, 0.1) is 32.9 Å². The van der Waals surface area contributed by atoms with Crippen LogP contribution in [0, 0.1) is 11.3 Å². The number of halogens is 3. The van der Waals surface area contributed by atoms with Crippen LogP contribution in [0.1, 0.15) is 15.9 Å². The van der Waals surface area contributed by atoms with Crippen molar-refractivity contribution >= 4 is 46.4 Å². The molecule has 100 valence electrons. The molecule has 2 rings (SSSR count). The average molecular weight is 326 g/mol. The Bertz CT molecular complexity index is 723. The molecule has 0 aromatic heterocycles. The van der Waals surface area contributed by atoms with E-state index >= 15 is 0 Å². The number of hydrogen-bond acceptors (Lipinski definition) is 2. The molecule has 0 bridgehead atoms. The van der Waals surface area contributed by atoms with Crippen LogP contribution in [-0.2, 0) is 0 Å². The van der Waals surface area contributed by atoms with Crippen molar-refractivity contribution in [3.8, 4) is 6.07 Å². The lowest BCUT2D eigenvalue weighted by Gasteiger charge is -2.09. The van der Waals surface area contributed by atoms with Gasteiger partial charge in [0.2, 0.25) is 0 Å². The zero-order chi connectivity index (χ0) is 14.7. The summed E-state index contributed by atoms with van der Waals surface area (Å²) in [6.07, 6.45) is 0. The Balaban J connectivity index is 2.33. The Morgan fingerprint density at radius 1 is 1.05 bits per heavy atom. The van der Waals surface area contributed by atoms with E-state index in [1.54, 1.807) is 12.1 Å². The molecule has 3 nitrogen and oxygen atoms in total. The highest BCUT2D eigenvalue weighted by molar-refractivity contribution is 6.37. The molecule has 0 heterocycles. The van der Waals surface area contributed by atoms with E-state index in [1.165, 1.54) is 24.3 Å². The van der Waals surface area contributed by atoms with Crippen molar-refractivity contribution in [3.63, 3.8) is 0 Å². The van der Waals surface area contributed by atoms with Gasteiger partial charge in [-0.3, -0.25) is 4.79 Å². The van der Waals surface area contributed by atoms with Gasteiger partial charge in [0.15, 0.2) is 0 Å². The Morgan fingerprint density at radius 3 is 2.45 bits per heavy atom. The zero-order valence-electron chi connectivity index (χ0n) is 9.95. The monoisotopic (exact) mass is 324 g/mol. The van der Waals surface area contributed by atoms with Gasteiger partial charge in [-0.25, -0.2) is 0 Å². The minimum absolute atomic E-state index is 0.234. The molecule has 1 N–H and O–H groups in total. The third-order valence-corrected chi connectivity index (χ3v) is 3.41. The summed E-state index contributed by atoms with van der Waals surface area (Å²) in [5.74, 6) is -0.450. The number of anilines is 1. The Hall–Kier alpha value is -1.73. The van der Waals surface area contributed by atoms with Crippen LogP contribution in [-0.4, -0.2) is 5.91 Å². The van der Waals surface area contributed by atoms with Crippen molar-refractivity contribution in [3.05, 3.63) is 62.6 Å². The molecule has 0 saturated heterocycles. The van der Waals surface area contributed by atoms with E-state index in [9.17, 15) is 4.79 Å². The fraction of sp³-hybridized carbons (Fsp3) is 0. The van der Waals surface area contributed by atoms with Gasteiger partial charge in [-0.2, -0.15) is 5.26 Å². The lowest BCUT2D eigenvalue weighted by Crippen LogP contribution is -2.13. The Labute approximate surface area is 130 Å². The van der Waals surface area contributed by atoms with Crippen molar-refractivity contribution in [2.45, 2.75) is 0 Å². The van der Waals surface area contributed by atoms with E-state index < -0.39 is 5.91 Å². The van der Waals surface area contributed by atoms with Gasteiger partial charge in [-0.15, -0.1) is 0 Å². The molecule has 0 saturated carbocycles. The van der Waals surface area contributed by atoms with Crippen molar-refractivity contribution in [1.29, 1.82) is 5.26 Å². The van der Waals surface area contributed by atoms with E-state index in [4.69, 9.17) is 40.1 Å². The predicted octanol–water partition coefficient (Wildman–Crippen LogP) is 4.77. The van der Waals surface area contributed by atoms with E-state index in [0.29, 0.717) is 21.3 Å². The molecule has 0 unspecified atom stereocenters. The Kier molecular flexibility index (Phi) is 4.51. The summed E-state index contributed by atoms with van der Waals surface area (Å²) in [6, 6.07) is 11.1. The molecule has 0 spiro atoms. The molecule has 0 fully saturated rings. The van der Waals surface area contributed by atoms with Gasteiger partial charge in [0.25, 0.3) is 5.91 Å². The minimum atomic E-state index is -0.450. The van der Waals surface area contributed by atoms with Crippen molar-refractivity contribution in [2.75, 3.05) is 5.32 Å². The van der Waals surface area contributed by atoms with E-state index in [2.05, 4.69) is 5.32 Å². The molecule has 0 aliphatic carbocycles. The zero-order valence-corrected chi connectivity index (χ0v) is 12.2. The lowest BCUT2D eigenvalue weighted by molar-refractivity contribution is 0.102. The normalized spacial score (nSPS) is 9.90. The molecule has 0 aliphatic heterocycles. The second-order valence-corrected chi connectivity index (χ2v) is 5.14. The number of carbonyl (C=O) groups excluding carboxylic acids is 1. The quantitative estimate of drug-likeness (QED) is 0.864. The summed E-state index contributed by atoms with van der Waals surface area (Å²) in [7, 11) is 0. The topological polar surface area (TPSA) is 52.9 Å². The minimum Gasteiger partial charge on any atom is -0.321 e. The number of hydrogen-bond donors (Lipinski definition) is 1. The predicted molar refractivity (Wildman–Crippen MR) is 80.6 cm³/mol. The van der Waals surface area contributed by atoms with Crippen LogP contribution >= 0.6 is 34.8 Å². The van der Waals surface area contributed by atoms with Crippen molar-refractivity contribution < 1.29 is 4.79 Å². The number of nitrogens with one attached hydrogen (secondary N) is 1. The summed E-state index contributed by atoms with van der Waals surface area (Å²) in [6.45, 7) is 0. The van der Waals surface area contributed by atoms with Crippen molar-refractivity contribution in [2.24, 2.45) is 0 Å². The van der Waals surface area contributed by atoms with Crippen LogP contribution in [0.15, 0.2) is 36.4 Å². The molecular formula is C14H7Cl3N2O. The maximum atomic E-state index is 12.1. The molecule has 2 aromatic rings. The maximum absolute atomic E-state index is 12.1. The van der Waals surface area contributed by atoms with Crippen LogP contribution in [0.3, 0.4) is 0 Å². The number of amides is 1. The van der Waals surface area contributed by atoms with E-state index in [-0.39, 0.29) is 10.6 Å². The fourth-order valence-electron chi connectivity index (χ4n) is 1.55. The molecule has 20 heavy (non-hydrogen) atoms. The van der Waals surface area contributed by atoms with Gasteiger partial charge in [-0.1, -0.05) is 34.8 Å². The van der Waals surface area contributed by atoms with Gasteiger partial charge >= 0.3 is 0 Å². The first-order chi connectivity index (χ1) is 9.51. The lowest BCUT2D eigenvalue weighted by atomic mass is 10.2. The van der Waals surface area contributed by atoms with E-state index in [1.807, 2.05) is 6.07 Å². The van der Waals surface area contributed by atoms with Gasteiger partial charge in [0.1, 0.15) is 0 Å². The molecule has 2 aromatic carbocycles. The van der Waals surface area contributed by atoms with Crippen LogP contribution in [0.4, 0.5) is 5.69 Å². The molecule has 0 aliphatic rings. The second-order valence-electron chi connectivity index (χ2n) is 3.88. The van der Waals surface area contributed by atoms with Gasteiger partial charge in [0, 0.05) is 5.02 Å². The first kappa shape index (κ1) is 14.7. The van der Waals surface area contributed by atoms with Crippen LogP contribution in [0.5, 0.6) is 0 Å². The molecule has 1 amide bonds. The first-order valence-corrected chi connectivity index (χ1v) is 6.60. The second kappa shape index (κ2) is 6.15. The standard InChI is InChI=1S/C14H7Cl3N2O/c15-9-2-4-11(16)10(6-9)14(20)19-13-5-8(7-18)1-3-12(13)17/h1-6H,(H,19,20). The summed E-state index contributed by atoms with van der Waals surface area (Å²) in [5, 5.41) is 12.5. The average Bonchev–Trinajstić information content (AvgIpc) is 2.43. The van der Waals surface area contributed by atoms with Crippen molar-refractivity contribution in [1.82, 2.24) is 0 Å².